The van der Waals surface area contributed by atoms with Crippen molar-refractivity contribution in [1.82, 2.24) is 4.98 Å². The van der Waals surface area contributed by atoms with E-state index in [0.29, 0.717) is 18.1 Å². The molecule has 0 atom stereocenters. The van der Waals surface area contributed by atoms with E-state index < -0.39 is 5.91 Å². The van der Waals surface area contributed by atoms with Gasteiger partial charge in [-0.25, -0.2) is 4.98 Å². The fourth-order valence-corrected chi connectivity index (χ4v) is 1.20. The summed E-state index contributed by atoms with van der Waals surface area (Å²) < 4.78 is 5.17. The van der Waals surface area contributed by atoms with Gasteiger partial charge in [0.15, 0.2) is 0 Å². The number of pyridine rings is 1. The standard InChI is InChI=1S/C8H8N2O2/c9-7(11)6-3-5-1-2-12-8(5)10-4-6/h3-4H,1-2H2,(H2,9,11). The number of aromatic nitrogens is 1. The highest BCUT2D eigenvalue weighted by Gasteiger charge is 2.14. The third kappa shape index (κ3) is 1.01. The molecule has 4 nitrogen and oxygen atoms in total. The van der Waals surface area contributed by atoms with Crippen LogP contribution in [0.2, 0.25) is 0 Å². The zero-order valence-electron chi connectivity index (χ0n) is 6.41. The highest BCUT2D eigenvalue weighted by atomic mass is 16.5. The van der Waals surface area contributed by atoms with Crippen LogP contribution in [0.15, 0.2) is 12.3 Å². The fourth-order valence-electron chi connectivity index (χ4n) is 1.20. The molecule has 1 aliphatic rings. The minimum Gasteiger partial charge on any atom is -0.477 e. The normalized spacial score (nSPS) is 13.7. The highest BCUT2D eigenvalue weighted by Crippen LogP contribution is 2.22. The Labute approximate surface area is 69.4 Å². The number of primary amides is 1. The van der Waals surface area contributed by atoms with Gasteiger partial charge in [-0.1, -0.05) is 0 Å². The summed E-state index contributed by atoms with van der Waals surface area (Å²) >= 11 is 0. The topological polar surface area (TPSA) is 65.2 Å². The van der Waals surface area contributed by atoms with Crippen molar-refractivity contribution in [2.75, 3.05) is 6.61 Å². The Morgan fingerprint density at radius 2 is 2.50 bits per heavy atom. The molecule has 12 heavy (non-hydrogen) atoms. The van der Waals surface area contributed by atoms with E-state index in [2.05, 4.69) is 4.98 Å². The van der Waals surface area contributed by atoms with Crippen molar-refractivity contribution in [3.63, 3.8) is 0 Å². The summed E-state index contributed by atoms with van der Waals surface area (Å²) in [5, 5.41) is 0. The summed E-state index contributed by atoms with van der Waals surface area (Å²) in [5.74, 6) is 0.178. The average Bonchev–Trinajstić information content (AvgIpc) is 2.49. The van der Waals surface area contributed by atoms with Gasteiger partial charge < -0.3 is 10.5 Å². The number of hydrogen-bond donors (Lipinski definition) is 1. The van der Waals surface area contributed by atoms with E-state index >= 15 is 0 Å². The zero-order chi connectivity index (χ0) is 8.55. The third-order valence-corrected chi connectivity index (χ3v) is 1.82. The molecule has 62 valence electrons. The van der Waals surface area contributed by atoms with E-state index in [1.807, 2.05) is 0 Å². The van der Waals surface area contributed by atoms with Crippen LogP contribution in [0.25, 0.3) is 0 Å². The first-order valence-electron chi connectivity index (χ1n) is 3.69. The number of fused-ring (bicyclic) bond motifs is 1. The smallest absolute Gasteiger partial charge is 0.250 e. The zero-order valence-corrected chi connectivity index (χ0v) is 6.41. The first-order chi connectivity index (χ1) is 5.77. The lowest BCUT2D eigenvalue weighted by molar-refractivity contribution is 0.1000. The maximum absolute atomic E-state index is 10.7. The number of nitrogens with two attached hydrogens (primary N) is 1. The van der Waals surface area contributed by atoms with Crippen LogP contribution in [0.5, 0.6) is 5.88 Å². The van der Waals surface area contributed by atoms with Crippen LogP contribution >= 0.6 is 0 Å². The second-order valence-corrected chi connectivity index (χ2v) is 2.65. The molecule has 0 spiro atoms. The largest absolute Gasteiger partial charge is 0.477 e. The van der Waals surface area contributed by atoms with Gasteiger partial charge in [0.1, 0.15) is 0 Å². The Balaban J connectivity index is 2.45. The molecule has 0 unspecified atom stereocenters. The number of nitrogens with zero attached hydrogens (tertiary/aromatic N) is 1. The minimum absolute atomic E-state index is 0.444. The molecule has 0 saturated heterocycles. The summed E-state index contributed by atoms with van der Waals surface area (Å²) in [6, 6.07) is 1.73. The Morgan fingerprint density at radius 1 is 1.67 bits per heavy atom. The second-order valence-electron chi connectivity index (χ2n) is 2.65. The SMILES string of the molecule is NC(=O)c1cnc2c(c1)CCO2. The lowest BCUT2D eigenvalue weighted by Crippen LogP contribution is -2.11. The van der Waals surface area contributed by atoms with Crippen molar-refractivity contribution in [3.05, 3.63) is 23.4 Å². The molecular weight excluding hydrogens is 156 g/mol. The van der Waals surface area contributed by atoms with Crippen molar-refractivity contribution in [3.8, 4) is 5.88 Å². The Kier molecular flexibility index (Phi) is 1.46. The van der Waals surface area contributed by atoms with Gasteiger partial charge in [0.25, 0.3) is 0 Å². The molecule has 1 aromatic rings. The number of amides is 1. The van der Waals surface area contributed by atoms with Crippen LogP contribution in [0.3, 0.4) is 0 Å². The van der Waals surface area contributed by atoms with Crippen LogP contribution in [-0.2, 0) is 6.42 Å². The monoisotopic (exact) mass is 164 g/mol. The molecule has 1 aromatic heterocycles. The molecular formula is C8H8N2O2. The summed E-state index contributed by atoms with van der Waals surface area (Å²) in [7, 11) is 0. The second kappa shape index (κ2) is 2.48. The van der Waals surface area contributed by atoms with E-state index in [1.54, 1.807) is 6.07 Å². The van der Waals surface area contributed by atoms with Crippen molar-refractivity contribution >= 4 is 5.91 Å². The highest BCUT2D eigenvalue weighted by molar-refractivity contribution is 5.92. The number of ether oxygens (including phenoxy) is 1. The molecule has 2 heterocycles. The fraction of sp³-hybridized carbons (Fsp3) is 0.250. The van der Waals surface area contributed by atoms with Crippen molar-refractivity contribution in [2.24, 2.45) is 5.73 Å². The molecule has 2 rings (SSSR count). The van der Waals surface area contributed by atoms with Gasteiger partial charge >= 0.3 is 0 Å². The van der Waals surface area contributed by atoms with Crippen LogP contribution in [0.1, 0.15) is 15.9 Å². The van der Waals surface area contributed by atoms with E-state index in [9.17, 15) is 4.79 Å². The maximum Gasteiger partial charge on any atom is 0.250 e. The quantitative estimate of drug-likeness (QED) is 0.640. The third-order valence-electron chi connectivity index (χ3n) is 1.82. The lowest BCUT2D eigenvalue weighted by atomic mass is 10.1. The van der Waals surface area contributed by atoms with Crippen LogP contribution in [0, 0.1) is 0 Å². The molecule has 0 saturated carbocycles. The number of carbonyl (C=O) groups is 1. The van der Waals surface area contributed by atoms with Gasteiger partial charge in [-0.2, -0.15) is 0 Å². The average molecular weight is 164 g/mol. The first kappa shape index (κ1) is 7.09. The molecule has 4 heteroatoms. The van der Waals surface area contributed by atoms with Gasteiger partial charge in [0.05, 0.1) is 12.2 Å². The van der Waals surface area contributed by atoms with Gasteiger partial charge in [0.2, 0.25) is 11.8 Å². The Morgan fingerprint density at radius 3 is 3.25 bits per heavy atom. The van der Waals surface area contributed by atoms with Crippen molar-refractivity contribution in [1.29, 1.82) is 0 Å². The molecule has 1 aliphatic heterocycles. The predicted molar refractivity (Wildman–Crippen MR) is 42.0 cm³/mol. The minimum atomic E-state index is -0.447. The van der Waals surface area contributed by atoms with E-state index in [-0.39, 0.29) is 0 Å². The van der Waals surface area contributed by atoms with Crippen LogP contribution in [0.4, 0.5) is 0 Å². The Bertz CT molecular complexity index is 336. The summed E-state index contributed by atoms with van der Waals surface area (Å²) in [4.78, 5) is 14.7. The Hall–Kier alpha value is -1.58. The number of rotatable bonds is 1. The molecule has 0 aromatic carbocycles. The summed E-state index contributed by atoms with van der Waals surface area (Å²) in [5.41, 5.74) is 6.50. The molecule has 1 amide bonds. The van der Waals surface area contributed by atoms with E-state index in [1.165, 1.54) is 6.20 Å². The molecule has 0 fully saturated rings. The summed E-state index contributed by atoms with van der Waals surface area (Å²) in [6.45, 7) is 0.643. The number of carbonyl (C=O) groups excluding carboxylic acids is 1. The van der Waals surface area contributed by atoms with Crippen molar-refractivity contribution < 1.29 is 9.53 Å². The predicted octanol–water partition coefficient (Wildman–Crippen LogP) is 0.115. The molecule has 2 N–H and O–H groups in total. The van der Waals surface area contributed by atoms with Crippen LogP contribution < -0.4 is 10.5 Å². The molecule has 0 aliphatic carbocycles. The van der Waals surface area contributed by atoms with E-state index in [0.717, 1.165) is 12.0 Å². The lowest BCUT2D eigenvalue weighted by Gasteiger charge is -1.98. The van der Waals surface area contributed by atoms with E-state index in [4.69, 9.17) is 10.5 Å². The maximum atomic E-state index is 10.7. The van der Waals surface area contributed by atoms with Gasteiger partial charge in [-0.3, -0.25) is 4.79 Å². The first-order valence-corrected chi connectivity index (χ1v) is 3.69. The molecule has 0 bridgehead atoms. The summed E-state index contributed by atoms with van der Waals surface area (Å²) in [6.07, 6.45) is 2.25. The van der Waals surface area contributed by atoms with Crippen LogP contribution in [-0.4, -0.2) is 17.5 Å². The van der Waals surface area contributed by atoms with Gasteiger partial charge in [0, 0.05) is 18.2 Å². The van der Waals surface area contributed by atoms with Gasteiger partial charge in [-0.05, 0) is 6.07 Å². The molecule has 0 radical (unpaired) electrons. The number of hydrogen-bond acceptors (Lipinski definition) is 3. The van der Waals surface area contributed by atoms with Crippen molar-refractivity contribution in [2.45, 2.75) is 6.42 Å². The van der Waals surface area contributed by atoms with Gasteiger partial charge in [-0.15, -0.1) is 0 Å².